The zero-order valence-electron chi connectivity index (χ0n) is 8.58. The fourth-order valence-corrected chi connectivity index (χ4v) is 1.39. The topological polar surface area (TPSA) is 118 Å². The first-order chi connectivity index (χ1) is 6.72. The molecule has 90 valence electrons. The third-order valence-electron chi connectivity index (χ3n) is 2.34. The summed E-state index contributed by atoms with van der Waals surface area (Å²) in [5.74, 6) is -2.84. The predicted octanol–water partition coefficient (Wildman–Crippen LogP) is -3.33. The summed E-state index contributed by atoms with van der Waals surface area (Å²) < 4.78 is -0.877. The van der Waals surface area contributed by atoms with Crippen molar-refractivity contribution >= 4 is 41.5 Å². The number of carboxylic acids is 2. The molecule has 0 heterocycles. The Morgan fingerprint density at radius 3 is 1.75 bits per heavy atom. The van der Waals surface area contributed by atoms with E-state index in [1.165, 1.54) is 13.8 Å². The van der Waals surface area contributed by atoms with Crippen LogP contribution in [0.1, 0.15) is 13.8 Å². The number of carboxylic acid groups (broad SMARTS) is 2. The Bertz CT molecular complexity index is 229. The molecule has 0 radical (unpaired) electrons. The number of aliphatic hydroxyl groups is 2. The fourth-order valence-electron chi connectivity index (χ4n) is 1.39. The molecule has 0 saturated heterocycles. The molecule has 0 amide bonds. The Labute approximate surface area is 115 Å². The van der Waals surface area contributed by atoms with E-state index in [1.807, 2.05) is 0 Å². The van der Waals surface area contributed by atoms with E-state index in [0.717, 1.165) is 0 Å². The molecule has 2 atom stereocenters. The summed E-state index contributed by atoms with van der Waals surface area (Å²) in [6, 6.07) is 0. The van der Waals surface area contributed by atoms with Gasteiger partial charge in [-0.2, -0.15) is 0 Å². The average molecular weight is 245 g/mol. The van der Waals surface area contributed by atoms with Crippen LogP contribution in [0.15, 0.2) is 0 Å². The van der Waals surface area contributed by atoms with Crippen molar-refractivity contribution in [3.63, 3.8) is 0 Å². The molecule has 7 nitrogen and oxygen atoms in total. The van der Waals surface area contributed by atoms with Gasteiger partial charge >= 0.3 is 35.5 Å². The van der Waals surface area contributed by atoms with Crippen LogP contribution >= 0.6 is 0 Å². The van der Waals surface area contributed by atoms with Gasteiger partial charge in [0, 0.05) is 13.8 Å². The first kappa shape index (κ1) is 18.2. The summed E-state index contributed by atoms with van der Waals surface area (Å²) >= 11 is 0. The normalized spacial score (nSPS) is 17.8. The van der Waals surface area contributed by atoms with Crippen LogP contribution in [0.4, 0.5) is 0 Å². The Balaban J connectivity index is 0. The van der Waals surface area contributed by atoms with Crippen LogP contribution in [0.2, 0.25) is 0 Å². The zero-order valence-corrected chi connectivity index (χ0v) is 8.58. The van der Waals surface area contributed by atoms with Crippen LogP contribution in [0, 0.1) is 0 Å². The minimum atomic E-state index is -1.53. The van der Waals surface area contributed by atoms with Gasteiger partial charge in [0.25, 0.3) is 0 Å². The van der Waals surface area contributed by atoms with Crippen molar-refractivity contribution in [1.82, 2.24) is 0 Å². The number of aliphatic carboxylic acids is 2. The molecule has 8 heteroatoms. The third-order valence-corrected chi connectivity index (χ3v) is 2.34. The molecule has 0 saturated carbocycles. The Morgan fingerprint density at radius 1 is 1.19 bits per heavy atom. The van der Waals surface area contributed by atoms with Gasteiger partial charge in [-0.05, 0) is 0 Å². The SMILES string of the molecule is CC(O)[N+](CC(=O)[O-])(CC(=O)O)C(C)O.[NaH]. The van der Waals surface area contributed by atoms with Gasteiger partial charge in [-0.25, -0.2) is 4.79 Å². The first-order valence-electron chi connectivity index (χ1n) is 4.36. The molecule has 2 unspecified atom stereocenters. The quantitative estimate of drug-likeness (QED) is 0.256. The standard InChI is InChI=1S/C8H15NO6.Na.H/c1-5(10)9(6(2)11,3-7(12)13)4-8(14)15;;/h5-6,10-11H,3-4H2,1-2H3,(H-,12,13,14,15);;. The van der Waals surface area contributed by atoms with E-state index in [9.17, 15) is 24.9 Å². The third kappa shape index (κ3) is 4.77. The van der Waals surface area contributed by atoms with Gasteiger partial charge in [-0.15, -0.1) is 0 Å². The molecule has 0 aromatic rings. The van der Waals surface area contributed by atoms with E-state index in [4.69, 9.17) is 5.11 Å². The van der Waals surface area contributed by atoms with Crippen molar-refractivity contribution in [3.8, 4) is 0 Å². The molecule has 0 aliphatic rings. The fraction of sp³-hybridized carbons (Fsp3) is 0.750. The first-order valence-corrected chi connectivity index (χ1v) is 4.36. The number of nitrogens with zero attached hydrogens (tertiary/aromatic N) is 1. The summed E-state index contributed by atoms with van der Waals surface area (Å²) in [5.41, 5.74) is 0. The van der Waals surface area contributed by atoms with Crippen LogP contribution in [0.3, 0.4) is 0 Å². The molecule has 0 fully saturated rings. The monoisotopic (exact) mass is 245 g/mol. The number of carbonyl (C=O) groups excluding carboxylic acids is 1. The van der Waals surface area contributed by atoms with Gasteiger partial charge in [0.05, 0.1) is 5.97 Å². The zero-order chi connectivity index (χ0) is 12.2. The molecule has 16 heavy (non-hydrogen) atoms. The summed E-state index contributed by atoms with van der Waals surface area (Å²) in [6.07, 6.45) is -2.64. The number of aliphatic hydroxyl groups excluding tert-OH is 2. The molecule has 0 aliphatic heterocycles. The van der Waals surface area contributed by atoms with Crippen LogP contribution in [0.25, 0.3) is 0 Å². The maximum atomic E-state index is 10.6. The Hall–Kier alpha value is -0.180. The van der Waals surface area contributed by atoms with E-state index in [-0.39, 0.29) is 29.6 Å². The van der Waals surface area contributed by atoms with Gasteiger partial charge in [-0.1, -0.05) is 0 Å². The van der Waals surface area contributed by atoms with E-state index < -0.39 is 42.0 Å². The molecule has 0 aliphatic carbocycles. The second-order valence-corrected chi connectivity index (χ2v) is 3.45. The van der Waals surface area contributed by atoms with Gasteiger partial charge in [0.15, 0.2) is 19.0 Å². The minimum absolute atomic E-state index is 0. The number of quaternary nitrogens is 1. The number of rotatable bonds is 6. The summed E-state index contributed by atoms with van der Waals surface area (Å²) in [5, 5.41) is 37.8. The molecular weight excluding hydrogens is 229 g/mol. The molecule has 0 bridgehead atoms. The molecule has 0 aromatic heterocycles. The summed E-state index contributed by atoms with van der Waals surface area (Å²) in [6.45, 7) is 0.988. The van der Waals surface area contributed by atoms with Crippen molar-refractivity contribution in [2.75, 3.05) is 13.1 Å². The maximum absolute atomic E-state index is 10.6. The second-order valence-electron chi connectivity index (χ2n) is 3.45. The van der Waals surface area contributed by atoms with E-state index >= 15 is 0 Å². The Kier molecular flexibility index (Phi) is 8.19. The molecule has 0 spiro atoms. The van der Waals surface area contributed by atoms with Crippen LogP contribution in [-0.2, 0) is 9.59 Å². The predicted molar refractivity (Wildman–Crippen MR) is 53.1 cm³/mol. The molecular formula is C8H16NNaO6. The second kappa shape index (κ2) is 7.21. The van der Waals surface area contributed by atoms with Crippen molar-refractivity contribution in [2.24, 2.45) is 0 Å². The van der Waals surface area contributed by atoms with Gasteiger partial charge in [-0.3, -0.25) is 4.48 Å². The van der Waals surface area contributed by atoms with Gasteiger partial charge in [0.1, 0.15) is 6.54 Å². The van der Waals surface area contributed by atoms with Crippen molar-refractivity contribution in [3.05, 3.63) is 0 Å². The van der Waals surface area contributed by atoms with Crippen molar-refractivity contribution in [1.29, 1.82) is 0 Å². The van der Waals surface area contributed by atoms with Crippen LogP contribution in [-0.4, -0.2) is 86.8 Å². The number of carbonyl (C=O) groups is 2. The van der Waals surface area contributed by atoms with E-state index in [2.05, 4.69) is 0 Å². The van der Waals surface area contributed by atoms with Crippen LogP contribution < -0.4 is 5.11 Å². The summed E-state index contributed by atoms with van der Waals surface area (Å²) in [4.78, 5) is 21.0. The Morgan fingerprint density at radius 2 is 1.56 bits per heavy atom. The average Bonchev–Trinajstić information content (AvgIpc) is 1.99. The van der Waals surface area contributed by atoms with Gasteiger partial charge in [0.2, 0.25) is 0 Å². The molecule has 0 rings (SSSR count). The van der Waals surface area contributed by atoms with Crippen molar-refractivity contribution < 1.29 is 34.5 Å². The molecule has 3 N–H and O–H groups in total. The van der Waals surface area contributed by atoms with E-state index in [1.54, 1.807) is 0 Å². The van der Waals surface area contributed by atoms with Gasteiger partial charge < -0.3 is 25.2 Å². The number of hydrogen-bond acceptors (Lipinski definition) is 5. The molecule has 0 aromatic carbocycles. The summed E-state index contributed by atoms with van der Waals surface area (Å²) in [7, 11) is 0. The number of hydrogen-bond donors (Lipinski definition) is 3. The van der Waals surface area contributed by atoms with Crippen LogP contribution in [0.5, 0.6) is 0 Å². The van der Waals surface area contributed by atoms with E-state index in [0.29, 0.717) is 0 Å². The van der Waals surface area contributed by atoms with Crippen molar-refractivity contribution in [2.45, 2.75) is 26.3 Å².